The summed E-state index contributed by atoms with van der Waals surface area (Å²) >= 11 is 0. The maximum atomic E-state index is 6.29. The number of rotatable bonds is 4. The van der Waals surface area contributed by atoms with Crippen LogP contribution in [0.15, 0.2) is 22.7 Å². The van der Waals surface area contributed by atoms with E-state index in [0.29, 0.717) is 24.9 Å². The molecular weight excluding hydrogens is 254 g/mol. The number of hydrogen-bond acceptors (Lipinski definition) is 5. The molecule has 0 unspecified atom stereocenters. The Labute approximate surface area is 118 Å². The van der Waals surface area contributed by atoms with Gasteiger partial charge >= 0.3 is 0 Å². The maximum absolute atomic E-state index is 6.29. The lowest BCUT2D eigenvalue weighted by Crippen LogP contribution is -2.36. The molecule has 2 heterocycles. The fraction of sp³-hybridized carbons (Fsp3) is 0.467. The van der Waals surface area contributed by atoms with Gasteiger partial charge in [0.1, 0.15) is 0 Å². The van der Waals surface area contributed by atoms with Gasteiger partial charge in [0.05, 0.1) is 18.8 Å². The highest BCUT2D eigenvalue weighted by Gasteiger charge is 2.29. The standard InChI is InChI=1S/C15H19N3O2/c1-3-15(16,4-2)14-17-13(20-18-14)10-5-6-11-8-19-9-12(11)7-10/h5-7H,3-4,8-9,16H2,1-2H3. The lowest BCUT2D eigenvalue weighted by molar-refractivity contribution is 0.134. The summed E-state index contributed by atoms with van der Waals surface area (Å²) in [4.78, 5) is 4.48. The van der Waals surface area contributed by atoms with Crippen LogP contribution >= 0.6 is 0 Å². The lowest BCUT2D eigenvalue weighted by Gasteiger charge is -2.21. The first-order valence-electron chi connectivity index (χ1n) is 6.99. The van der Waals surface area contributed by atoms with Gasteiger partial charge in [0.15, 0.2) is 5.82 Å². The average Bonchev–Trinajstić information content (AvgIpc) is 3.14. The van der Waals surface area contributed by atoms with Crippen molar-refractivity contribution >= 4 is 0 Å². The van der Waals surface area contributed by atoms with Gasteiger partial charge in [-0.05, 0) is 36.1 Å². The maximum Gasteiger partial charge on any atom is 0.258 e. The third kappa shape index (κ3) is 2.13. The number of benzene rings is 1. The average molecular weight is 273 g/mol. The predicted molar refractivity (Wildman–Crippen MR) is 74.7 cm³/mol. The first-order valence-corrected chi connectivity index (χ1v) is 6.99. The molecule has 1 aliphatic rings. The Hall–Kier alpha value is -1.72. The molecule has 0 saturated carbocycles. The molecule has 5 nitrogen and oxygen atoms in total. The zero-order valence-corrected chi connectivity index (χ0v) is 11.8. The van der Waals surface area contributed by atoms with Crippen molar-refractivity contribution < 1.29 is 9.26 Å². The number of ether oxygens (including phenoxy) is 1. The summed E-state index contributed by atoms with van der Waals surface area (Å²) in [7, 11) is 0. The van der Waals surface area contributed by atoms with Gasteiger partial charge in [0, 0.05) is 5.56 Å². The van der Waals surface area contributed by atoms with Crippen LogP contribution in [0, 0.1) is 0 Å². The Bertz CT molecular complexity index is 617. The van der Waals surface area contributed by atoms with Crippen molar-refractivity contribution in [2.24, 2.45) is 5.73 Å². The van der Waals surface area contributed by atoms with Crippen molar-refractivity contribution in [3.05, 3.63) is 35.2 Å². The van der Waals surface area contributed by atoms with Crippen LogP contribution in [0.1, 0.15) is 43.6 Å². The van der Waals surface area contributed by atoms with Crippen LogP contribution < -0.4 is 5.73 Å². The minimum absolute atomic E-state index is 0.512. The molecule has 0 spiro atoms. The van der Waals surface area contributed by atoms with Crippen LogP contribution in [0.4, 0.5) is 0 Å². The molecule has 0 bridgehead atoms. The van der Waals surface area contributed by atoms with Crippen molar-refractivity contribution in [3.8, 4) is 11.5 Å². The first kappa shape index (κ1) is 13.3. The molecule has 2 N–H and O–H groups in total. The van der Waals surface area contributed by atoms with Crippen LogP contribution in [-0.2, 0) is 23.5 Å². The molecule has 0 radical (unpaired) electrons. The molecule has 1 aliphatic heterocycles. The normalized spacial score (nSPS) is 14.6. The van der Waals surface area contributed by atoms with E-state index in [1.165, 1.54) is 11.1 Å². The van der Waals surface area contributed by atoms with Crippen LogP contribution in [0.5, 0.6) is 0 Å². The molecule has 5 heteroatoms. The zero-order valence-electron chi connectivity index (χ0n) is 11.8. The topological polar surface area (TPSA) is 74.2 Å². The van der Waals surface area contributed by atoms with E-state index >= 15 is 0 Å². The van der Waals surface area contributed by atoms with E-state index in [1.807, 2.05) is 19.9 Å². The molecule has 106 valence electrons. The summed E-state index contributed by atoms with van der Waals surface area (Å²) in [6, 6.07) is 6.09. The molecule has 0 aliphatic carbocycles. The summed E-state index contributed by atoms with van der Waals surface area (Å²) < 4.78 is 10.8. The molecule has 1 aromatic heterocycles. The molecule has 1 aromatic carbocycles. The van der Waals surface area contributed by atoms with Crippen LogP contribution in [0.2, 0.25) is 0 Å². The van der Waals surface area contributed by atoms with E-state index in [4.69, 9.17) is 15.0 Å². The van der Waals surface area contributed by atoms with Gasteiger partial charge in [-0.2, -0.15) is 4.98 Å². The van der Waals surface area contributed by atoms with Gasteiger partial charge < -0.3 is 15.0 Å². The van der Waals surface area contributed by atoms with E-state index in [0.717, 1.165) is 18.4 Å². The number of fused-ring (bicyclic) bond motifs is 1. The van der Waals surface area contributed by atoms with Crippen LogP contribution in [-0.4, -0.2) is 10.1 Å². The molecule has 20 heavy (non-hydrogen) atoms. The Kier molecular flexibility index (Phi) is 3.31. The molecule has 2 aromatic rings. The van der Waals surface area contributed by atoms with Crippen LogP contribution in [0.25, 0.3) is 11.5 Å². The minimum atomic E-state index is -0.512. The van der Waals surface area contributed by atoms with Crippen molar-refractivity contribution in [1.82, 2.24) is 10.1 Å². The summed E-state index contributed by atoms with van der Waals surface area (Å²) in [6.07, 6.45) is 1.56. The molecule has 0 saturated heterocycles. The summed E-state index contributed by atoms with van der Waals surface area (Å²) in [5.74, 6) is 1.10. The Balaban J connectivity index is 1.94. The third-order valence-electron chi connectivity index (χ3n) is 4.10. The van der Waals surface area contributed by atoms with Gasteiger partial charge in [-0.25, -0.2) is 0 Å². The lowest BCUT2D eigenvalue weighted by atomic mass is 9.93. The van der Waals surface area contributed by atoms with Crippen LogP contribution in [0.3, 0.4) is 0 Å². The second-order valence-corrected chi connectivity index (χ2v) is 5.26. The van der Waals surface area contributed by atoms with E-state index < -0.39 is 5.54 Å². The second kappa shape index (κ2) is 5.00. The summed E-state index contributed by atoms with van der Waals surface area (Å²) in [5, 5.41) is 4.06. The van der Waals surface area contributed by atoms with Crippen molar-refractivity contribution in [3.63, 3.8) is 0 Å². The Morgan fingerprint density at radius 3 is 2.70 bits per heavy atom. The largest absolute Gasteiger partial charge is 0.372 e. The predicted octanol–water partition coefficient (Wildman–Crippen LogP) is 2.74. The fourth-order valence-electron chi connectivity index (χ4n) is 2.41. The molecular formula is C15H19N3O2. The van der Waals surface area contributed by atoms with E-state index in [9.17, 15) is 0 Å². The highest BCUT2D eigenvalue weighted by Crippen LogP contribution is 2.28. The Morgan fingerprint density at radius 1 is 1.20 bits per heavy atom. The fourth-order valence-corrected chi connectivity index (χ4v) is 2.41. The first-order chi connectivity index (χ1) is 9.66. The van der Waals surface area contributed by atoms with Gasteiger partial charge in [0.2, 0.25) is 0 Å². The highest BCUT2D eigenvalue weighted by atomic mass is 16.5. The number of nitrogens with two attached hydrogens (primary N) is 1. The minimum Gasteiger partial charge on any atom is -0.372 e. The number of nitrogens with zero attached hydrogens (tertiary/aromatic N) is 2. The van der Waals surface area contributed by atoms with Crippen molar-refractivity contribution in [2.75, 3.05) is 0 Å². The van der Waals surface area contributed by atoms with E-state index in [2.05, 4.69) is 22.3 Å². The number of hydrogen-bond donors (Lipinski definition) is 1. The second-order valence-electron chi connectivity index (χ2n) is 5.26. The van der Waals surface area contributed by atoms with Gasteiger partial charge in [0.25, 0.3) is 5.89 Å². The van der Waals surface area contributed by atoms with Gasteiger partial charge in [-0.1, -0.05) is 25.1 Å². The third-order valence-corrected chi connectivity index (χ3v) is 4.10. The SMILES string of the molecule is CCC(N)(CC)c1noc(-c2ccc3c(c2)COC3)n1. The molecule has 0 atom stereocenters. The van der Waals surface area contributed by atoms with E-state index in [1.54, 1.807) is 0 Å². The van der Waals surface area contributed by atoms with Crippen molar-refractivity contribution in [1.29, 1.82) is 0 Å². The highest BCUT2D eigenvalue weighted by molar-refractivity contribution is 5.56. The van der Waals surface area contributed by atoms with Crippen molar-refractivity contribution in [2.45, 2.75) is 45.4 Å². The summed E-state index contributed by atoms with van der Waals surface area (Å²) in [6.45, 7) is 5.40. The van der Waals surface area contributed by atoms with E-state index in [-0.39, 0.29) is 0 Å². The monoisotopic (exact) mass is 273 g/mol. The Morgan fingerprint density at radius 2 is 1.95 bits per heavy atom. The summed E-state index contributed by atoms with van der Waals surface area (Å²) in [5.41, 5.74) is 9.11. The molecule has 0 fully saturated rings. The zero-order chi connectivity index (χ0) is 14.2. The molecule has 0 amide bonds. The molecule has 3 rings (SSSR count). The van der Waals surface area contributed by atoms with Gasteiger partial charge in [-0.3, -0.25) is 0 Å². The number of aromatic nitrogens is 2. The quantitative estimate of drug-likeness (QED) is 0.927. The van der Waals surface area contributed by atoms with Gasteiger partial charge in [-0.15, -0.1) is 0 Å². The smallest absolute Gasteiger partial charge is 0.258 e.